The largest absolute Gasteiger partial charge is 0.358 e. The van der Waals surface area contributed by atoms with Gasteiger partial charge in [-0.1, -0.05) is 18.2 Å². The Bertz CT molecular complexity index is 716. The van der Waals surface area contributed by atoms with Gasteiger partial charge in [0.15, 0.2) is 0 Å². The van der Waals surface area contributed by atoms with Gasteiger partial charge in [0.05, 0.1) is 5.56 Å². The molecule has 0 radical (unpaired) electrons. The molecular weight excluding hydrogens is 258 g/mol. The third kappa shape index (κ3) is 1.95. The van der Waals surface area contributed by atoms with Gasteiger partial charge in [0.2, 0.25) is 11.8 Å². The number of para-hydroxylation sites is 1. The summed E-state index contributed by atoms with van der Waals surface area (Å²) < 4.78 is 0. The quantitative estimate of drug-likeness (QED) is 0.744. The molecule has 0 saturated carbocycles. The van der Waals surface area contributed by atoms with Crippen molar-refractivity contribution in [2.75, 3.05) is 13.1 Å². The Hall–Kier alpha value is -2.63. The minimum atomic E-state index is -0.452. The number of benzene rings is 1. The SMILES string of the molecule is Cc1[nH]c2ccccc2c1C(=O)N1CC(=O)NC(=O)C1. The van der Waals surface area contributed by atoms with Crippen molar-refractivity contribution in [3.05, 3.63) is 35.5 Å². The van der Waals surface area contributed by atoms with Crippen LogP contribution in [0.1, 0.15) is 16.1 Å². The van der Waals surface area contributed by atoms with Crippen LogP contribution < -0.4 is 5.32 Å². The van der Waals surface area contributed by atoms with Gasteiger partial charge < -0.3 is 9.88 Å². The number of fused-ring (bicyclic) bond motifs is 1. The molecule has 1 fully saturated rings. The molecule has 1 aliphatic heterocycles. The molecule has 6 heteroatoms. The van der Waals surface area contributed by atoms with Crippen molar-refractivity contribution in [3.8, 4) is 0 Å². The summed E-state index contributed by atoms with van der Waals surface area (Å²) in [6.07, 6.45) is 0. The van der Waals surface area contributed by atoms with E-state index in [-0.39, 0.29) is 19.0 Å². The van der Waals surface area contributed by atoms with E-state index in [1.165, 1.54) is 4.90 Å². The molecule has 2 N–H and O–H groups in total. The van der Waals surface area contributed by atoms with Crippen molar-refractivity contribution >= 4 is 28.6 Å². The van der Waals surface area contributed by atoms with Gasteiger partial charge in [-0.2, -0.15) is 0 Å². The molecule has 2 aromatic rings. The summed E-state index contributed by atoms with van der Waals surface area (Å²) in [7, 11) is 0. The molecule has 1 aliphatic rings. The lowest BCUT2D eigenvalue weighted by molar-refractivity contribution is -0.135. The summed E-state index contributed by atoms with van der Waals surface area (Å²) in [4.78, 5) is 39.7. The number of carbonyl (C=O) groups is 3. The summed E-state index contributed by atoms with van der Waals surface area (Å²) in [5, 5.41) is 2.98. The van der Waals surface area contributed by atoms with Crippen molar-refractivity contribution < 1.29 is 14.4 Å². The van der Waals surface area contributed by atoms with Gasteiger partial charge in [-0.05, 0) is 13.0 Å². The first-order valence-electron chi connectivity index (χ1n) is 6.25. The molecule has 0 bridgehead atoms. The highest BCUT2D eigenvalue weighted by atomic mass is 16.2. The van der Waals surface area contributed by atoms with Gasteiger partial charge in [0.25, 0.3) is 5.91 Å². The van der Waals surface area contributed by atoms with Crippen LogP contribution in [0.3, 0.4) is 0 Å². The smallest absolute Gasteiger partial charge is 0.257 e. The van der Waals surface area contributed by atoms with Crippen molar-refractivity contribution in [3.63, 3.8) is 0 Å². The number of aryl methyl sites for hydroxylation is 1. The number of hydrogen-bond donors (Lipinski definition) is 2. The van der Waals surface area contributed by atoms with E-state index in [4.69, 9.17) is 0 Å². The van der Waals surface area contributed by atoms with Crippen LogP contribution in [0.5, 0.6) is 0 Å². The molecule has 6 nitrogen and oxygen atoms in total. The van der Waals surface area contributed by atoms with Crippen LogP contribution in [0, 0.1) is 6.92 Å². The van der Waals surface area contributed by atoms with E-state index in [1.54, 1.807) is 6.92 Å². The fourth-order valence-electron chi connectivity index (χ4n) is 2.49. The fraction of sp³-hybridized carbons (Fsp3) is 0.214. The summed E-state index contributed by atoms with van der Waals surface area (Å²) in [6, 6.07) is 7.45. The second-order valence-electron chi connectivity index (χ2n) is 4.80. The lowest BCUT2D eigenvalue weighted by Crippen LogP contribution is -2.53. The molecular formula is C14H13N3O3. The maximum absolute atomic E-state index is 12.6. The summed E-state index contributed by atoms with van der Waals surface area (Å²) in [5.41, 5.74) is 2.11. The lowest BCUT2D eigenvalue weighted by atomic mass is 10.1. The van der Waals surface area contributed by atoms with Crippen LogP contribution in [0.15, 0.2) is 24.3 Å². The molecule has 0 unspecified atom stereocenters. The number of nitrogens with zero attached hydrogens (tertiary/aromatic N) is 1. The number of nitrogens with one attached hydrogen (secondary N) is 2. The first-order valence-corrected chi connectivity index (χ1v) is 6.25. The highest BCUT2D eigenvalue weighted by Crippen LogP contribution is 2.23. The van der Waals surface area contributed by atoms with Gasteiger partial charge in [-0.3, -0.25) is 19.7 Å². The van der Waals surface area contributed by atoms with Crippen LogP contribution in [-0.4, -0.2) is 40.7 Å². The normalized spacial score (nSPS) is 15.6. The highest BCUT2D eigenvalue weighted by molar-refractivity contribution is 6.11. The minimum absolute atomic E-state index is 0.0937. The average Bonchev–Trinajstić information content (AvgIpc) is 2.72. The van der Waals surface area contributed by atoms with Crippen LogP contribution >= 0.6 is 0 Å². The summed E-state index contributed by atoms with van der Waals surface area (Å²) in [6.45, 7) is 1.62. The number of piperazine rings is 1. The number of imide groups is 1. The van der Waals surface area contributed by atoms with Crippen molar-refractivity contribution in [2.45, 2.75) is 6.92 Å². The molecule has 1 saturated heterocycles. The predicted molar refractivity (Wildman–Crippen MR) is 72.1 cm³/mol. The number of amides is 3. The van der Waals surface area contributed by atoms with Gasteiger partial charge >= 0.3 is 0 Å². The number of aromatic amines is 1. The monoisotopic (exact) mass is 271 g/mol. The Balaban J connectivity index is 2.02. The molecule has 2 heterocycles. The minimum Gasteiger partial charge on any atom is -0.358 e. The molecule has 3 rings (SSSR count). The zero-order chi connectivity index (χ0) is 14.3. The van der Waals surface area contributed by atoms with Gasteiger partial charge in [-0.25, -0.2) is 0 Å². The number of hydrogen-bond acceptors (Lipinski definition) is 3. The number of carbonyl (C=O) groups excluding carboxylic acids is 3. The van der Waals surface area contributed by atoms with Gasteiger partial charge in [0, 0.05) is 16.6 Å². The molecule has 3 amide bonds. The molecule has 0 aliphatic carbocycles. The van der Waals surface area contributed by atoms with E-state index < -0.39 is 11.8 Å². The average molecular weight is 271 g/mol. The third-order valence-electron chi connectivity index (χ3n) is 3.34. The fourth-order valence-corrected chi connectivity index (χ4v) is 2.49. The van der Waals surface area contributed by atoms with Crippen molar-refractivity contribution in [1.29, 1.82) is 0 Å². The highest BCUT2D eigenvalue weighted by Gasteiger charge is 2.29. The standard InChI is InChI=1S/C14H13N3O3/c1-8-13(9-4-2-3-5-10(9)15-8)14(20)17-6-11(18)16-12(19)7-17/h2-5,15H,6-7H2,1H3,(H,16,18,19). The van der Waals surface area contributed by atoms with Crippen molar-refractivity contribution in [2.24, 2.45) is 0 Å². The number of H-pyrrole nitrogens is 1. The van der Waals surface area contributed by atoms with E-state index >= 15 is 0 Å². The molecule has 1 aromatic carbocycles. The van der Waals surface area contributed by atoms with E-state index in [0.29, 0.717) is 5.56 Å². The van der Waals surface area contributed by atoms with Gasteiger partial charge in [-0.15, -0.1) is 0 Å². The molecule has 0 spiro atoms. The topological polar surface area (TPSA) is 82.3 Å². The number of aromatic nitrogens is 1. The maximum atomic E-state index is 12.6. The predicted octanol–water partition coefficient (Wildman–Crippen LogP) is 0.575. The van der Waals surface area contributed by atoms with Crippen LogP contribution in [0.4, 0.5) is 0 Å². The van der Waals surface area contributed by atoms with E-state index in [9.17, 15) is 14.4 Å². The Morgan fingerprint density at radius 3 is 2.50 bits per heavy atom. The van der Waals surface area contributed by atoms with Crippen LogP contribution in [0.25, 0.3) is 10.9 Å². The first-order chi connectivity index (χ1) is 9.56. The third-order valence-corrected chi connectivity index (χ3v) is 3.34. The Morgan fingerprint density at radius 2 is 1.80 bits per heavy atom. The lowest BCUT2D eigenvalue weighted by Gasteiger charge is -2.25. The van der Waals surface area contributed by atoms with Crippen LogP contribution in [0.2, 0.25) is 0 Å². The maximum Gasteiger partial charge on any atom is 0.257 e. The molecule has 102 valence electrons. The second-order valence-corrected chi connectivity index (χ2v) is 4.80. The molecule has 0 atom stereocenters. The van der Waals surface area contributed by atoms with Gasteiger partial charge in [0.1, 0.15) is 13.1 Å². The summed E-state index contributed by atoms with van der Waals surface area (Å²) in [5.74, 6) is -1.21. The number of rotatable bonds is 1. The van der Waals surface area contributed by atoms with E-state index in [2.05, 4.69) is 10.3 Å². The Kier molecular flexibility index (Phi) is 2.78. The molecule has 1 aromatic heterocycles. The second kappa shape index (κ2) is 4.48. The summed E-state index contributed by atoms with van der Waals surface area (Å²) >= 11 is 0. The zero-order valence-corrected chi connectivity index (χ0v) is 10.9. The first kappa shape index (κ1) is 12.4. The van der Waals surface area contributed by atoms with Crippen molar-refractivity contribution in [1.82, 2.24) is 15.2 Å². The molecule has 20 heavy (non-hydrogen) atoms. The Labute approximate surface area is 114 Å². The Morgan fingerprint density at radius 1 is 1.15 bits per heavy atom. The van der Waals surface area contributed by atoms with E-state index in [1.807, 2.05) is 24.3 Å². The van der Waals surface area contributed by atoms with E-state index in [0.717, 1.165) is 16.6 Å². The van der Waals surface area contributed by atoms with Crippen LogP contribution in [-0.2, 0) is 9.59 Å². The zero-order valence-electron chi connectivity index (χ0n) is 10.9.